The summed E-state index contributed by atoms with van der Waals surface area (Å²) < 4.78 is 0. The van der Waals surface area contributed by atoms with Crippen LogP contribution in [0.3, 0.4) is 0 Å². The smallest absolute Gasteiger partial charge is 0.241 e. The molecule has 0 heterocycles. The Hall–Kier alpha value is -2.66. The zero-order valence-electron chi connectivity index (χ0n) is 12.6. The zero-order valence-corrected chi connectivity index (χ0v) is 12.6. The molecule has 1 amide bonds. The second kappa shape index (κ2) is 7.95. The van der Waals surface area contributed by atoms with Gasteiger partial charge in [0, 0.05) is 12.1 Å². The average Bonchev–Trinajstić information content (AvgIpc) is 2.58. The number of carbonyl (C=O) groups excluding carboxylic acids is 1. The normalized spacial score (nSPS) is 11.1. The van der Waals surface area contributed by atoms with Crippen molar-refractivity contribution in [3.05, 3.63) is 60.7 Å². The molecule has 0 aromatic heterocycles. The van der Waals surface area contributed by atoms with E-state index in [1.54, 1.807) is 12.1 Å². The molecule has 0 unspecified atom stereocenters. The molecule has 114 valence electrons. The van der Waals surface area contributed by atoms with Crippen molar-refractivity contribution in [2.24, 2.45) is 10.9 Å². The fraction of sp³-hybridized carbons (Fsp3) is 0.176. The molecule has 0 radical (unpaired) electrons. The Bertz CT molecular complexity index is 626. The van der Waals surface area contributed by atoms with Crippen LogP contribution >= 0.6 is 0 Å². The number of amides is 1. The van der Waals surface area contributed by atoms with Crippen LogP contribution in [0.2, 0.25) is 0 Å². The van der Waals surface area contributed by atoms with Crippen LogP contribution in [-0.4, -0.2) is 11.6 Å². The zero-order chi connectivity index (χ0) is 15.8. The van der Waals surface area contributed by atoms with E-state index in [0.29, 0.717) is 18.5 Å². The van der Waals surface area contributed by atoms with Crippen molar-refractivity contribution in [1.82, 2.24) is 0 Å². The molecule has 0 aliphatic heterocycles. The van der Waals surface area contributed by atoms with Gasteiger partial charge in [-0.3, -0.25) is 10.2 Å². The number of hydrogen-bond acceptors (Lipinski definition) is 4. The third kappa shape index (κ3) is 4.71. The molecule has 22 heavy (non-hydrogen) atoms. The van der Waals surface area contributed by atoms with E-state index in [-0.39, 0.29) is 5.91 Å². The van der Waals surface area contributed by atoms with Crippen LogP contribution in [0.15, 0.2) is 65.8 Å². The predicted molar refractivity (Wildman–Crippen MR) is 90.5 cm³/mol. The molecule has 3 N–H and O–H groups in total. The molecule has 0 aliphatic rings. The lowest BCUT2D eigenvalue weighted by Crippen LogP contribution is -2.37. The molecule has 0 spiro atoms. The number of anilines is 2. The van der Waals surface area contributed by atoms with Gasteiger partial charge in [-0.05, 0) is 37.6 Å². The van der Waals surface area contributed by atoms with Crippen LogP contribution in [0.1, 0.15) is 19.8 Å². The highest BCUT2D eigenvalue weighted by atomic mass is 16.2. The molecule has 5 heteroatoms. The molecule has 0 saturated heterocycles. The Balaban J connectivity index is 1.83. The Morgan fingerprint density at radius 3 is 2.27 bits per heavy atom. The van der Waals surface area contributed by atoms with E-state index in [9.17, 15) is 4.79 Å². The summed E-state index contributed by atoms with van der Waals surface area (Å²) in [5.74, 6) is 5.68. The molecule has 2 aromatic rings. The minimum atomic E-state index is -0.138. The fourth-order valence-electron chi connectivity index (χ4n) is 1.87. The molecular formula is C17H20N4O. The SMILES string of the molecule is CC(CCC(=O)N(N)c1ccccc1)=NNc1ccccc1. The van der Waals surface area contributed by atoms with Gasteiger partial charge in [0.25, 0.3) is 0 Å². The van der Waals surface area contributed by atoms with Gasteiger partial charge in [0.2, 0.25) is 5.91 Å². The topological polar surface area (TPSA) is 70.7 Å². The van der Waals surface area contributed by atoms with Gasteiger partial charge < -0.3 is 0 Å². The van der Waals surface area contributed by atoms with E-state index in [4.69, 9.17) is 5.84 Å². The molecule has 0 bridgehead atoms. The van der Waals surface area contributed by atoms with Gasteiger partial charge in [-0.1, -0.05) is 36.4 Å². The lowest BCUT2D eigenvalue weighted by atomic mass is 10.2. The molecule has 0 saturated carbocycles. The number of nitrogens with one attached hydrogen (secondary N) is 1. The molecule has 0 atom stereocenters. The molecular weight excluding hydrogens is 276 g/mol. The third-order valence-electron chi connectivity index (χ3n) is 3.15. The van der Waals surface area contributed by atoms with Crippen molar-refractivity contribution >= 4 is 23.0 Å². The van der Waals surface area contributed by atoms with Crippen LogP contribution in [0, 0.1) is 0 Å². The minimum absolute atomic E-state index is 0.138. The van der Waals surface area contributed by atoms with Gasteiger partial charge >= 0.3 is 0 Å². The second-order valence-corrected chi connectivity index (χ2v) is 4.92. The van der Waals surface area contributed by atoms with Crippen molar-refractivity contribution in [2.45, 2.75) is 19.8 Å². The van der Waals surface area contributed by atoms with E-state index >= 15 is 0 Å². The average molecular weight is 296 g/mol. The summed E-state index contributed by atoms with van der Waals surface area (Å²) in [6, 6.07) is 18.8. The summed E-state index contributed by atoms with van der Waals surface area (Å²) in [5, 5.41) is 5.43. The summed E-state index contributed by atoms with van der Waals surface area (Å²) >= 11 is 0. The number of nitrogens with two attached hydrogens (primary N) is 1. The Kier molecular flexibility index (Phi) is 5.68. The number of nitrogens with zero attached hydrogens (tertiary/aromatic N) is 2. The summed E-state index contributed by atoms with van der Waals surface area (Å²) in [7, 11) is 0. The third-order valence-corrected chi connectivity index (χ3v) is 3.15. The number of benzene rings is 2. The summed E-state index contributed by atoms with van der Waals surface area (Å²) in [4.78, 5) is 12.0. The lowest BCUT2D eigenvalue weighted by molar-refractivity contribution is -0.118. The summed E-state index contributed by atoms with van der Waals surface area (Å²) in [6.45, 7) is 1.88. The first-order valence-corrected chi connectivity index (χ1v) is 7.14. The maximum absolute atomic E-state index is 12.0. The Morgan fingerprint density at radius 2 is 1.64 bits per heavy atom. The first-order chi connectivity index (χ1) is 10.7. The van der Waals surface area contributed by atoms with Crippen LogP contribution in [0.4, 0.5) is 11.4 Å². The highest BCUT2D eigenvalue weighted by Gasteiger charge is 2.11. The molecule has 2 aromatic carbocycles. The van der Waals surface area contributed by atoms with E-state index in [1.165, 1.54) is 5.01 Å². The standard InChI is InChI=1S/C17H20N4O/c1-14(19-20-15-8-4-2-5-9-15)12-13-17(22)21(18)16-10-6-3-7-11-16/h2-11,20H,12-13,18H2,1H3. The van der Waals surface area contributed by atoms with E-state index in [2.05, 4.69) is 10.5 Å². The van der Waals surface area contributed by atoms with Crippen molar-refractivity contribution in [3.8, 4) is 0 Å². The van der Waals surface area contributed by atoms with Crippen LogP contribution < -0.4 is 16.3 Å². The maximum Gasteiger partial charge on any atom is 0.241 e. The van der Waals surface area contributed by atoms with Gasteiger partial charge in [-0.2, -0.15) is 5.10 Å². The summed E-state index contributed by atoms with van der Waals surface area (Å²) in [6.07, 6.45) is 0.871. The fourth-order valence-corrected chi connectivity index (χ4v) is 1.87. The van der Waals surface area contributed by atoms with Crippen LogP contribution in [0.25, 0.3) is 0 Å². The monoisotopic (exact) mass is 296 g/mol. The van der Waals surface area contributed by atoms with Crippen LogP contribution in [0.5, 0.6) is 0 Å². The van der Waals surface area contributed by atoms with Crippen molar-refractivity contribution in [3.63, 3.8) is 0 Å². The quantitative estimate of drug-likeness (QED) is 0.372. The van der Waals surface area contributed by atoms with E-state index < -0.39 is 0 Å². The number of para-hydroxylation sites is 2. The van der Waals surface area contributed by atoms with Gasteiger partial charge in [0.15, 0.2) is 0 Å². The molecule has 2 rings (SSSR count). The maximum atomic E-state index is 12.0. The second-order valence-electron chi connectivity index (χ2n) is 4.92. The van der Waals surface area contributed by atoms with Crippen molar-refractivity contribution in [1.29, 1.82) is 0 Å². The first kappa shape index (κ1) is 15.7. The van der Waals surface area contributed by atoms with E-state index in [1.807, 2.05) is 55.5 Å². The number of carbonyl (C=O) groups is 1. The Morgan fingerprint density at radius 1 is 1.05 bits per heavy atom. The van der Waals surface area contributed by atoms with Gasteiger partial charge in [0.1, 0.15) is 0 Å². The first-order valence-electron chi connectivity index (χ1n) is 7.14. The Labute approximate surface area is 130 Å². The highest BCUT2D eigenvalue weighted by molar-refractivity contribution is 5.95. The minimum Gasteiger partial charge on any atom is -0.279 e. The van der Waals surface area contributed by atoms with Crippen molar-refractivity contribution < 1.29 is 4.79 Å². The number of hydrazine groups is 1. The number of rotatable bonds is 6. The van der Waals surface area contributed by atoms with Crippen molar-refractivity contribution in [2.75, 3.05) is 10.4 Å². The van der Waals surface area contributed by atoms with Crippen LogP contribution in [-0.2, 0) is 4.79 Å². The summed E-state index contributed by atoms with van der Waals surface area (Å²) in [5.41, 5.74) is 5.41. The van der Waals surface area contributed by atoms with Gasteiger partial charge in [0.05, 0.1) is 11.4 Å². The van der Waals surface area contributed by atoms with Gasteiger partial charge in [-0.25, -0.2) is 10.9 Å². The highest BCUT2D eigenvalue weighted by Crippen LogP contribution is 2.11. The molecule has 5 nitrogen and oxygen atoms in total. The molecule has 0 fully saturated rings. The number of hydrogen-bond donors (Lipinski definition) is 2. The van der Waals surface area contributed by atoms with E-state index in [0.717, 1.165) is 11.4 Å². The number of hydrazone groups is 1. The lowest BCUT2D eigenvalue weighted by Gasteiger charge is -2.16. The van der Waals surface area contributed by atoms with Gasteiger partial charge in [-0.15, -0.1) is 0 Å². The molecule has 0 aliphatic carbocycles. The predicted octanol–water partition coefficient (Wildman–Crippen LogP) is 3.16. The largest absolute Gasteiger partial charge is 0.279 e.